The van der Waals surface area contributed by atoms with Crippen molar-refractivity contribution in [2.75, 3.05) is 6.54 Å². The normalized spacial score (nSPS) is 26.5. The van der Waals surface area contributed by atoms with Gasteiger partial charge < -0.3 is 5.32 Å². The van der Waals surface area contributed by atoms with Crippen LogP contribution in [-0.2, 0) is 6.42 Å². The molecule has 1 aliphatic rings. The Bertz CT molecular complexity index is 276. The summed E-state index contributed by atoms with van der Waals surface area (Å²) in [5.41, 5.74) is 1.22. The van der Waals surface area contributed by atoms with Crippen molar-refractivity contribution in [2.24, 2.45) is 5.92 Å². The Balaban J connectivity index is 1.74. The van der Waals surface area contributed by atoms with E-state index >= 15 is 0 Å². The molecule has 0 bridgehead atoms. The summed E-state index contributed by atoms with van der Waals surface area (Å²) in [4.78, 5) is 4.35. The van der Waals surface area contributed by atoms with Gasteiger partial charge >= 0.3 is 0 Å². The first kappa shape index (κ1) is 10.6. The summed E-state index contributed by atoms with van der Waals surface area (Å²) in [6.45, 7) is 3.51. The lowest BCUT2D eigenvalue weighted by Gasteiger charge is -2.27. The molecule has 2 atom stereocenters. The Morgan fingerprint density at radius 2 is 2.33 bits per heavy atom. The van der Waals surface area contributed by atoms with Gasteiger partial charge in [-0.05, 0) is 50.3 Å². The van der Waals surface area contributed by atoms with Crippen LogP contribution in [0.25, 0.3) is 0 Å². The summed E-state index contributed by atoms with van der Waals surface area (Å²) in [6, 6.07) is 6.87. The Kier molecular flexibility index (Phi) is 3.73. The molecule has 2 heteroatoms. The van der Waals surface area contributed by atoms with Gasteiger partial charge in [-0.25, -0.2) is 0 Å². The van der Waals surface area contributed by atoms with E-state index < -0.39 is 0 Å². The van der Waals surface area contributed by atoms with Gasteiger partial charge in [-0.15, -0.1) is 0 Å². The summed E-state index contributed by atoms with van der Waals surface area (Å²) in [5.74, 6) is 0.858. The molecule has 2 heterocycles. The third-order valence-electron chi connectivity index (χ3n) is 3.24. The quantitative estimate of drug-likeness (QED) is 0.818. The van der Waals surface area contributed by atoms with Gasteiger partial charge in [-0.2, -0.15) is 0 Å². The summed E-state index contributed by atoms with van der Waals surface area (Å²) in [7, 11) is 0. The van der Waals surface area contributed by atoms with E-state index in [4.69, 9.17) is 0 Å². The van der Waals surface area contributed by atoms with E-state index in [9.17, 15) is 0 Å². The second kappa shape index (κ2) is 5.26. The van der Waals surface area contributed by atoms with Gasteiger partial charge in [0, 0.05) is 17.9 Å². The molecule has 0 amide bonds. The minimum absolute atomic E-state index is 0.711. The number of nitrogens with one attached hydrogen (secondary N) is 1. The Morgan fingerprint density at radius 3 is 3.00 bits per heavy atom. The lowest BCUT2D eigenvalue weighted by atomic mass is 9.93. The number of aryl methyl sites for hydroxylation is 1. The third kappa shape index (κ3) is 3.31. The molecule has 15 heavy (non-hydrogen) atoms. The molecule has 0 aliphatic carbocycles. The molecule has 1 N–H and O–H groups in total. The SMILES string of the molecule is CC1CCC(CCc2ccccn2)NC1. The van der Waals surface area contributed by atoms with Crippen LogP contribution in [0, 0.1) is 5.92 Å². The molecule has 1 aromatic heterocycles. The molecule has 1 aromatic rings. The van der Waals surface area contributed by atoms with Gasteiger partial charge in [-0.3, -0.25) is 4.98 Å². The van der Waals surface area contributed by atoms with E-state index in [-0.39, 0.29) is 0 Å². The zero-order valence-electron chi connectivity index (χ0n) is 9.45. The van der Waals surface area contributed by atoms with Crippen LogP contribution in [0.15, 0.2) is 24.4 Å². The van der Waals surface area contributed by atoms with Crippen molar-refractivity contribution in [1.82, 2.24) is 10.3 Å². The molecule has 0 radical (unpaired) electrons. The predicted octanol–water partition coefficient (Wildman–Crippen LogP) is 2.40. The molecule has 0 saturated carbocycles. The molecule has 1 saturated heterocycles. The number of pyridine rings is 1. The van der Waals surface area contributed by atoms with Gasteiger partial charge in [0.15, 0.2) is 0 Å². The maximum absolute atomic E-state index is 4.35. The summed E-state index contributed by atoms with van der Waals surface area (Å²) in [5, 5.41) is 3.61. The van der Waals surface area contributed by atoms with Gasteiger partial charge in [0.05, 0.1) is 0 Å². The maximum Gasteiger partial charge on any atom is 0.0404 e. The number of rotatable bonds is 3. The van der Waals surface area contributed by atoms with Crippen LogP contribution in [0.2, 0.25) is 0 Å². The number of nitrogens with zero attached hydrogens (tertiary/aromatic N) is 1. The molecule has 1 aliphatic heterocycles. The monoisotopic (exact) mass is 204 g/mol. The van der Waals surface area contributed by atoms with Crippen LogP contribution in [0.5, 0.6) is 0 Å². The number of piperidine rings is 1. The lowest BCUT2D eigenvalue weighted by molar-refractivity contribution is 0.315. The van der Waals surface area contributed by atoms with Crippen molar-refractivity contribution < 1.29 is 0 Å². The highest BCUT2D eigenvalue weighted by atomic mass is 14.9. The topological polar surface area (TPSA) is 24.9 Å². The van der Waals surface area contributed by atoms with Gasteiger partial charge in [0.2, 0.25) is 0 Å². The smallest absolute Gasteiger partial charge is 0.0404 e. The number of hydrogen-bond acceptors (Lipinski definition) is 2. The number of hydrogen-bond donors (Lipinski definition) is 1. The average molecular weight is 204 g/mol. The summed E-state index contributed by atoms with van der Waals surface area (Å²) < 4.78 is 0. The molecular weight excluding hydrogens is 184 g/mol. The largest absolute Gasteiger partial charge is 0.314 e. The van der Waals surface area contributed by atoms with E-state index in [0.717, 1.165) is 12.3 Å². The predicted molar refractivity (Wildman–Crippen MR) is 62.7 cm³/mol. The fraction of sp³-hybridized carbons (Fsp3) is 0.615. The third-order valence-corrected chi connectivity index (χ3v) is 3.24. The Morgan fingerprint density at radius 1 is 1.40 bits per heavy atom. The molecule has 2 unspecified atom stereocenters. The van der Waals surface area contributed by atoms with Crippen molar-refractivity contribution in [1.29, 1.82) is 0 Å². The molecular formula is C13H20N2. The van der Waals surface area contributed by atoms with E-state index in [2.05, 4.69) is 29.4 Å². The van der Waals surface area contributed by atoms with Gasteiger partial charge in [0.25, 0.3) is 0 Å². The fourth-order valence-electron chi connectivity index (χ4n) is 2.17. The van der Waals surface area contributed by atoms with Crippen LogP contribution in [0.1, 0.15) is 31.9 Å². The Labute approximate surface area is 92.1 Å². The van der Waals surface area contributed by atoms with E-state index in [1.807, 2.05) is 12.3 Å². The minimum Gasteiger partial charge on any atom is -0.314 e. The van der Waals surface area contributed by atoms with Gasteiger partial charge in [0.1, 0.15) is 0 Å². The summed E-state index contributed by atoms with van der Waals surface area (Å²) in [6.07, 6.45) is 6.91. The first-order valence-corrected chi connectivity index (χ1v) is 5.98. The second-order valence-corrected chi connectivity index (χ2v) is 4.65. The standard InChI is InChI=1S/C13H20N2/c1-11-5-6-13(15-10-11)8-7-12-4-2-3-9-14-12/h2-4,9,11,13,15H,5-8,10H2,1H3. The van der Waals surface area contributed by atoms with E-state index in [0.29, 0.717) is 6.04 Å². The first-order chi connectivity index (χ1) is 7.34. The molecule has 82 valence electrons. The molecule has 0 spiro atoms. The molecule has 2 rings (SSSR count). The van der Waals surface area contributed by atoms with Crippen LogP contribution < -0.4 is 5.32 Å². The fourth-order valence-corrected chi connectivity index (χ4v) is 2.17. The van der Waals surface area contributed by atoms with Crippen LogP contribution in [-0.4, -0.2) is 17.6 Å². The zero-order valence-corrected chi connectivity index (χ0v) is 9.45. The average Bonchev–Trinajstić information content (AvgIpc) is 2.30. The highest BCUT2D eigenvalue weighted by Crippen LogP contribution is 2.16. The van der Waals surface area contributed by atoms with Crippen LogP contribution >= 0.6 is 0 Å². The Hall–Kier alpha value is -0.890. The molecule has 1 fully saturated rings. The van der Waals surface area contributed by atoms with Crippen molar-refractivity contribution in [2.45, 2.75) is 38.6 Å². The van der Waals surface area contributed by atoms with Crippen molar-refractivity contribution in [3.8, 4) is 0 Å². The van der Waals surface area contributed by atoms with Crippen molar-refractivity contribution in [3.05, 3.63) is 30.1 Å². The molecule has 2 nitrogen and oxygen atoms in total. The zero-order chi connectivity index (χ0) is 10.5. The van der Waals surface area contributed by atoms with E-state index in [1.54, 1.807) is 0 Å². The number of aromatic nitrogens is 1. The van der Waals surface area contributed by atoms with Gasteiger partial charge in [-0.1, -0.05) is 13.0 Å². The van der Waals surface area contributed by atoms with Crippen molar-refractivity contribution in [3.63, 3.8) is 0 Å². The highest BCUT2D eigenvalue weighted by molar-refractivity contribution is 5.03. The lowest BCUT2D eigenvalue weighted by Crippen LogP contribution is -2.38. The first-order valence-electron chi connectivity index (χ1n) is 5.98. The van der Waals surface area contributed by atoms with Crippen LogP contribution in [0.3, 0.4) is 0 Å². The minimum atomic E-state index is 0.711. The summed E-state index contributed by atoms with van der Waals surface area (Å²) >= 11 is 0. The van der Waals surface area contributed by atoms with Crippen molar-refractivity contribution >= 4 is 0 Å². The van der Waals surface area contributed by atoms with Crippen LogP contribution in [0.4, 0.5) is 0 Å². The maximum atomic E-state index is 4.35. The highest BCUT2D eigenvalue weighted by Gasteiger charge is 2.16. The molecule has 0 aromatic carbocycles. The second-order valence-electron chi connectivity index (χ2n) is 4.65. The van der Waals surface area contributed by atoms with E-state index in [1.165, 1.54) is 31.5 Å².